The Morgan fingerprint density at radius 2 is 2.14 bits per heavy atom. The summed E-state index contributed by atoms with van der Waals surface area (Å²) in [6.07, 6.45) is 1.38. The van der Waals surface area contributed by atoms with Gasteiger partial charge in [0.25, 0.3) is 5.91 Å². The predicted molar refractivity (Wildman–Crippen MR) is 106 cm³/mol. The number of benzene rings is 1. The lowest BCUT2D eigenvalue weighted by atomic mass is 9.80. The van der Waals surface area contributed by atoms with Gasteiger partial charge in [-0.1, -0.05) is 29.8 Å². The topological polar surface area (TPSA) is 78.9 Å². The van der Waals surface area contributed by atoms with Crippen LogP contribution in [0.5, 0.6) is 0 Å². The molecule has 8 heteroatoms. The Balaban J connectivity index is 1.38. The first-order valence-corrected chi connectivity index (χ1v) is 10.5. The van der Waals surface area contributed by atoms with Crippen LogP contribution >= 0.6 is 22.9 Å². The highest BCUT2D eigenvalue weighted by Crippen LogP contribution is 2.42. The largest absolute Gasteiger partial charge is 0.389 e. The number of carbonyl (C=O) groups excluding carboxylic acids is 2. The van der Waals surface area contributed by atoms with Crippen LogP contribution in [0, 0.1) is 0 Å². The van der Waals surface area contributed by atoms with E-state index in [0.29, 0.717) is 11.4 Å². The minimum atomic E-state index is -0.983. The molecule has 2 aliphatic rings. The quantitative estimate of drug-likeness (QED) is 0.704. The summed E-state index contributed by atoms with van der Waals surface area (Å²) in [6, 6.07) is 8.76. The number of amides is 3. The number of aliphatic hydroxyl groups is 1. The van der Waals surface area contributed by atoms with E-state index in [0.717, 1.165) is 33.7 Å². The highest BCUT2D eigenvalue weighted by Gasteiger charge is 2.54. The van der Waals surface area contributed by atoms with Crippen molar-refractivity contribution in [1.82, 2.24) is 10.2 Å². The predicted octanol–water partition coefficient (Wildman–Crippen LogP) is 3.06. The highest BCUT2D eigenvalue weighted by molar-refractivity contribution is 7.10. The number of hydrogen-bond acceptors (Lipinski definition) is 5. The molecule has 28 heavy (non-hydrogen) atoms. The lowest BCUT2D eigenvalue weighted by Crippen LogP contribution is -2.46. The number of ether oxygens (including phenoxy) is 1. The molecular formula is C20H21ClN2O4S. The first-order valence-electron chi connectivity index (χ1n) is 9.21. The Morgan fingerprint density at radius 3 is 2.96 bits per heavy atom. The number of imide groups is 1. The molecule has 0 bridgehead atoms. The smallest absolute Gasteiger partial charge is 0.325 e. The van der Waals surface area contributed by atoms with Crippen LogP contribution in [0.2, 0.25) is 5.02 Å². The summed E-state index contributed by atoms with van der Waals surface area (Å²) in [5.41, 5.74) is 0.731. The summed E-state index contributed by atoms with van der Waals surface area (Å²) in [7, 11) is 0. The first-order chi connectivity index (χ1) is 13.5. The number of aryl methyl sites for hydroxylation is 1. The van der Waals surface area contributed by atoms with E-state index in [-0.39, 0.29) is 25.7 Å². The van der Waals surface area contributed by atoms with Crippen molar-refractivity contribution in [3.05, 3.63) is 56.7 Å². The van der Waals surface area contributed by atoms with Crippen molar-refractivity contribution >= 4 is 34.9 Å². The third-order valence-electron chi connectivity index (χ3n) is 5.26. The van der Waals surface area contributed by atoms with Crippen LogP contribution in [0.3, 0.4) is 0 Å². The van der Waals surface area contributed by atoms with E-state index in [4.69, 9.17) is 16.3 Å². The summed E-state index contributed by atoms with van der Waals surface area (Å²) >= 11 is 7.69. The molecule has 1 fully saturated rings. The molecule has 1 spiro atoms. The van der Waals surface area contributed by atoms with Crippen LogP contribution in [-0.4, -0.2) is 41.2 Å². The zero-order chi connectivity index (χ0) is 19.7. The van der Waals surface area contributed by atoms with Crippen molar-refractivity contribution in [2.45, 2.75) is 37.5 Å². The number of rotatable bonds is 6. The highest BCUT2D eigenvalue weighted by atomic mass is 35.5. The minimum absolute atomic E-state index is 0.00101. The fourth-order valence-electron chi connectivity index (χ4n) is 3.89. The van der Waals surface area contributed by atoms with Crippen LogP contribution in [0.1, 0.15) is 28.8 Å². The minimum Gasteiger partial charge on any atom is -0.389 e. The maximum Gasteiger partial charge on any atom is 0.325 e. The molecule has 0 radical (unpaired) electrons. The Kier molecular flexibility index (Phi) is 5.42. The van der Waals surface area contributed by atoms with E-state index in [1.165, 1.54) is 0 Å². The second kappa shape index (κ2) is 7.83. The van der Waals surface area contributed by atoms with Crippen LogP contribution in [0.15, 0.2) is 35.7 Å². The molecule has 2 heterocycles. The zero-order valence-corrected chi connectivity index (χ0v) is 16.8. The summed E-state index contributed by atoms with van der Waals surface area (Å²) in [5.74, 6) is -0.290. The number of nitrogens with one attached hydrogen (secondary N) is 1. The maximum atomic E-state index is 13.1. The van der Waals surface area contributed by atoms with Crippen LogP contribution in [0.4, 0.5) is 4.79 Å². The van der Waals surface area contributed by atoms with Gasteiger partial charge in [0.05, 0.1) is 25.9 Å². The van der Waals surface area contributed by atoms with Gasteiger partial charge in [0.15, 0.2) is 0 Å². The van der Waals surface area contributed by atoms with Crippen LogP contribution < -0.4 is 5.32 Å². The van der Waals surface area contributed by atoms with Crippen molar-refractivity contribution < 1.29 is 19.4 Å². The summed E-state index contributed by atoms with van der Waals surface area (Å²) in [5, 5.41) is 15.7. The van der Waals surface area contributed by atoms with Gasteiger partial charge in [0, 0.05) is 15.5 Å². The number of urea groups is 1. The van der Waals surface area contributed by atoms with Gasteiger partial charge in [-0.05, 0) is 42.3 Å². The number of aliphatic hydroxyl groups excluding tert-OH is 1. The van der Waals surface area contributed by atoms with E-state index in [9.17, 15) is 14.7 Å². The number of thiophene rings is 1. The van der Waals surface area contributed by atoms with Gasteiger partial charge >= 0.3 is 6.03 Å². The monoisotopic (exact) mass is 420 g/mol. The SMILES string of the molecule is O=C1N[C@]2(CCCc3sccc32)C(=O)N1C[C@H](O)COCc1ccccc1Cl. The van der Waals surface area contributed by atoms with Gasteiger partial charge in [-0.25, -0.2) is 4.79 Å². The first kappa shape index (κ1) is 19.4. The van der Waals surface area contributed by atoms with Crippen molar-refractivity contribution in [2.75, 3.05) is 13.2 Å². The molecule has 0 saturated carbocycles. The number of β-amino-alcohol motifs (C(OH)–C–C–N with tert-alkyl or cyclic N) is 1. The molecule has 0 unspecified atom stereocenters. The second-order valence-corrected chi connectivity index (χ2v) is 8.53. The summed E-state index contributed by atoms with van der Waals surface area (Å²) in [4.78, 5) is 27.9. The standard InChI is InChI=1S/C20H21ClN2O4S/c21-16-5-2-1-4-13(16)11-27-12-14(24)10-23-18(25)20(22-19(23)26)8-3-6-17-15(20)7-9-28-17/h1-2,4-5,7,9,14,24H,3,6,8,10-12H2,(H,22,26)/t14-,20-/m0/s1. The number of fused-ring (bicyclic) bond motifs is 2. The third kappa shape index (κ3) is 3.43. The number of nitrogens with zero attached hydrogens (tertiary/aromatic N) is 1. The van der Waals surface area contributed by atoms with E-state index in [1.807, 2.05) is 29.6 Å². The fraction of sp³-hybridized carbons (Fsp3) is 0.400. The van der Waals surface area contributed by atoms with E-state index < -0.39 is 17.7 Å². The molecular weight excluding hydrogens is 400 g/mol. The number of halogens is 1. The van der Waals surface area contributed by atoms with E-state index >= 15 is 0 Å². The zero-order valence-electron chi connectivity index (χ0n) is 15.2. The number of carbonyl (C=O) groups is 2. The molecule has 1 saturated heterocycles. The normalized spacial score (nSPS) is 22.4. The van der Waals surface area contributed by atoms with Gasteiger partial charge in [0.1, 0.15) is 5.54 Å². The molecule has 2 atom stereocenters. The van der Waals surface area contributed by atoms with Gasteiger partial charge in [-0.3, -0.25) is 9.69 Å². The molecule has 1 aromatic heterocycles. The fourth-order valence-corrected chi connectivity index (χ4v) is 5.08. The van der Waals surface area contributed by atoms with E-state index in [1.54, 1.807) is 17.4 Å². The second-order valence-electron chi connectivity index (χ2n) is 7.12. The molecule has 2 aromatic rings. The molecule has 6 nitrogen and oxygen atoms in total. The molecule has 1 aromatic carbocycles. The van der Waals surface area contributed by atoms with Gasteiger partial charge < -0.3 is 15.2 Å². The average Bonchev–Trinajstić information content (AvgIpc) is 3.24. The van der Waals surface area contributed by atoms with Crippen LogP contribution in [-0.2, 0) is 28.1 Å². The molecule has 3 amide bonds. The Labute approximate surface area is 172 Å². The molecule has 4 rings (SSSR count). The Hall–Kier alpha value is -1.93. The Bertz CT molecular complexity index is 902. The van der Waals surface area contributed by atoms with Crippen LogP contribution in [0.25, 0.3) is 0 Å². The molecule has 1 aliphatic carbocycles. The van der Waals surface area contributed by atoms with Gasteiger partial charge in [-0.2, -0.15) is 0 Å². The third-order valence-corrected chi connectivity index (χ3v) is 6.60. The number of hydrogen-bond donors (Lipinski definition) is 2. The molecule has 2 N–H and O–H groups in total. The van der Waals surface area contributed by atoms with Crippen molar-refractivity contribution in [1.29, 1.82) is 0 Å². The lowest BCUT2D eigenvalue weighted by molar-refractivity contribution is -0.133. The van der Waals surface area contributed by atoms with Crippen molar-refractivity contribution in [3.8, 4) is 0 Å². The average molecular weight is 421 g/mol. The van der Waals surface area contributed by atoms with E-state index in [2.05, 4.69) is 5.32 Å². The summed E-state index contributed by atoms with van der Waals surface area (Å²) in [6.45, 7) is 0.145. The van der Waals surface area contributed by atoms with Gasteiger partial charge in [-0.15, -0.1) is 11.3 Å². The van der Waals surface area contributed by atoms with Crippen molar-refractivity contribution in [2.24, 2.45) is 0 Å². The molecule has 1 aliphatic heterocycles. The summed E-state index contributed by atoms with van der Waals surface area (Å²) < 4.78 is 5.52. The van der Waals surface area contributed by atoms with Gasteiger partial charge in [0.2, 0.25) is 0 Å². The molecule has 148 valence electrons. The maximum absolute atomic E-state index is 13.1. The van der Waals surface area contributed by atoms with Crippen molar-refractivity contribution in [3.63, 3.8) is 0 Å². The Morgan fingerprint density at radius 1 is 1.32 bits per heavy atom. The lowest BCUT2D eigenvalue weighted by Gasteiger charge is -2.31.